The normalized spacial score (nSPS) is 13.3. The van der Waals surface area contributed by atoms with Crippen molar-refractivity contribution in [1.29, 1.82) is 48.7 Å². The molecule has 0 aromatic rings. The van der Waals surface area contributed by atoms with Crippen molar-refractivity contribution >= 4 is 137 Å². The van der Waals surface area contributed by atoms with Crippen LogP contribution in [0.2, 0.25) is 0 Å². The fraction of sp³-hybridized carbons (Fsp3) is 0.661. The lowest BCUT2D eigenvalue weighted by molar-refractivity contribution is -0.136. The molecule has 0 unspecified atom stereocenters. The summed E-state index contributed by atoms with van der Waals surface area (Å²) in [5.74, 6) is -14.9. The number of rotatable bonds is 60. The van der Waals surface area contributed by atoms with E-state index in [0.717, 1.165) is 6.92 Å². The molecule has 51 heteroatoms. The Labute approximate surface area is 659 Å². The summed E-state index contributed by atoms with van der Waals surface area (Å²) < 4.78 is 0. The van der Waals surface area contributed by atoms with Crippen LogP contribution < -0.4 is 158 Å². The standard InChI is InChI=1S/C62H122N38O12S/c1-32(101)90-30-44(102)91-33(13-4-22-82-55(66)67)46(104)93-35(14-5-23-83-56(68)69)49(107)95-37(16-7-25-85-58(72)73)51(109)97-39(18-9-27-87-60(76)77)53(111)98-40(19-10-28-88-61(78)79)52(110)96-38(17-8-26-86-59(74)75)50(108)94-36(15-6-24-84-57(70)71)48(106)92-34(12-2-3-21-43(63)64)47(105)99-41(20-11-29-89-62(80)81)54(112)100-42(31-113)45(65)103/h33-42,113H,2-31H2,1H3,(H3,63,64)(H2,65,103)(H,90,101)(H,91,102)(H,92,106)(H,93,104)(H,94,108)(H,95,107)(H,96,110)(H,97,109)(H,98,111)(H,99,105)(H,100,112)(H4,66,67,82)(H4,68,69,83)(H4,70,71,84)(H4,72,73,85)(H4,74,75,86)(H4,76,77,87)(H4,78,79,88)(H4,80,81,89)/t33-,34-,35-,36-,37-,38-,39-,40-,41-,42-/m1/s1. The molecule has 0 aliphatic heterocycles. The van der Waals surface area contributed by atoms with Crippen LogP contribution in [0.1, 0.15) is 135 Å². The van der Waals surface area contributed by atoms with Crippen molar-refractivity contribution in [2.45, 2.75) is 196 Å². The van der Waals surface area contributed by atoms with E-state index in [-0.39, 0.29) is 204 Å². The zero-order chi connectivity index (χ0) is 85.5. The van der Waals surface area contributed by atoms with E-state index >= 15 is 0 Å². The number of nitrogens with two attached hydrogens (primary N) is 10. The Kier molecular flexibility index (Phi) is 51.3. The number of amides is 12. The van der Waals surface area contributed by atoms with Crippen molar-refractivity contribution in [3.63, 3.8) is 0 Å². The van der Waals surface area contributed by atoms with Crippen molar-refractivity contribution < 1.29 is 57.5 Å². The number of carbonyl (C=O) groups excluding carboxylic acids is 12. The van der Waals surface area contributed by atoms with Gasteiger partial charge >= 0.3 is 0 Å². The minimum atomic E-state index is -1.63. The van der Waals surface area contributed by atoms with Crippen molar-refractivity contribution in [3.8, 4) is 0 Å². The molecule has 0 fully saturated rings. The lowest BCUT2D eigenvalue weighted by Gasteiger charge is -2.29. The van der Waals surface area contributed by atoms with Crippen molar-refractivity contribution in [2.75, 3.05) is 64.7 Å². The van der Waals surface area contributed by atoms with Crippen LogP contribution in [0.4, 0.5) is 0 Å². The molecule has 0 radical (unpaired) electrons. The van der Waals surface area contributed by atoms with E-state index in [0.29, 0.717) is 0 Å². The third kappa shape index (κ3) is 50.1. The van der Waals surface area contributed by atoms with Crippen molar-refractivity contribution in [1.82, 2.24) is 101 Å². The second-order valence-electron chi connectivity index (χ2n) is 25.8. The van der Waals surface area contributed by atoms with Gasteiger partial charge in [0, 0.05) is 71.5 Å². The predicted molar refractivity (Wildman–Crippen MR) is 425 cm³/mol. The molecule has 0 saturated carbocycles. The third-order valence-corrected chi connectivity index (χ3v) is 16.5. The molecule has 0 aromatic carbocycles. The first-order valence-electron chi connectivity index (χ1n) is 36.4. The van der Waals surface area contributed by atoms with Crippen LogP contribution in [0, 0.1) is 48.7 Å². The fourth-order valence-electron chi connectivity index (χ4n) is 10.4. The van der Waals surface area contributed by atoms with E-state index in [4.69, 9.17) is 106 Å². The Morgan fingerprint density at radius 2 is 0.434 bits per heavy atom. The Bertz CT molecular complexity index is 3220. The molecule has 0 aliphatic rings. The first-order chi connectivity index (χ1) is 53.3. The van der Waals surface area contributed by atoms with Gasteiger partial charge in [0.25, 0.3) is 0 Å². The van der Waals surface area contributed by atoms with E-state index < -0.39 is 174 Å². The average molecular weight is 1620 g/mol. The molecule has 0 bridgehead atoms. The fourth-order valence-corrected chi connectivity index (χ4v) is 10.7. The Balaban J connectivity index is 8.03. The van der Waals surface area contributed by atoms with Crippen LogP contribution in [0.25, 0.3) is 0 Å². The van der Waals surface area contributed by atoms with Gasteiger partial charge in [-0.2, -0.15) is 12.6 Å². The quantitative estimate of drug-likeness (QED) is 0.0116. The largest absolute Gasteiger partial charge is 0.388 e. The number of carbonyl (C=O) groups is 12. The van der Waals surface area contributed by atoms with Crippen LogP contribution >= 0.6 is 12.6 Å². The maximum absolute atomic E-state index is 15.0. The highest BCUT2D eigenvalue weighted by molar-refractivity contribution is 7.80. The molecule has 0 saturated heterocycles. The molecule has 10 atom stereocenters. The third-order valence-electron chi connectivity index (χ3n) is 16.1. The van der Waals surface area contributed by atoms with Gasteiger partial charge in [-0.25, -0.2) is 0 Å². The predicted octanol–water partition coefficient (Wildman–Crippen LogP) is -12.0. The number of unbranched alkanes of at least 4 members (excludes halogenated alkanes) is 1. The van der Waals surface area contributed by atoms with Gasteiger partial charge in [0.15, 0.2) is 47.7 Å². The van der Waals surface area contributed by atoms with Crippen molar-refractivity contribution in [3.05, 3.63) is 0 Å². The molecule has 0 aromatic heterocycles. The first kappa shape index (κ1) is 101. The maximum Gasteiger partial charge on any atom is 0.243 e. The molecule has 0 heterocycles. The van der Waals surface area contributed by atoms with Gasteiger partial charge < -0.3 is 158 Å². The highest BCUT2D eigenvalue weighted by Crippen LogP contribution is 2.13. The molecular weight excluding hydrogens is 1500 g/mol. The number of nitrogens with one attached hydrogen (secondary N) is 28. The number of primary amides is 1. The first-order valence-corrected chi connectivity index (χ1v) is 37.0. The monoisotopic (exact) mass is 1620 g/mol. The van der Waals surface area contributed by atoms with Gasteiger partial charge in [-0.1, -0.05) is 6.42 Å². The number of guanidine groups is 8. The summed E-state index contributed by atoms with van der Waals surface area (Å²) in [5.41, 5.74) is 55.3. The maximum atomic E-state index is 15.0. The van der Waals surface area contributed by atoms with E-state index in [2.05, 4.69) is 114 Å². The molecule has 0 rings (SSSR count). The number of thiol groups is 1. The lowest BCUT2D eigenvalue weighted by Crippen LogP contribution is -2.61. The number of hydrogen-bond donors (Lipinski definition) is 39. The summed E-state index contributed by atoms with van der Waals surface area (Å²) in [6.07, 6.45) is -1.03. The molecule has 0 spiro atoms. The summed E-state index contributed by atoms with van der Waals surface area (Å²) in [6.45, 7) is 0.560. The topological polar surface area (TPSA) is 908 Å². The Morgan fingerprint density at radius 1 is 0.257 bits per heavy atom. The summed E-state index contributed by atoms with van der Waals surface area (Å²) >= 11 is 4.09. The number of amidine groups is 1. The van der Waals surface area contributed by atoms with Gasteiger partial charge in [-0.3, -0.25) is 106 Å². The molecular formula is C62H122N38O12S. The second kappa shape index (κ2) is 57.7. The van der Waals surface area contributed by atoms with Crippen LogP contribution in [0.15, 0.2) is 0 Å². The van der Waals surface area contributed by atoms with Gasteiger partial charge in [-0.15, -0.1) is 0 Å². The second-order valence-corrected chi connectivity index (χ2v) is 26.2. The summed E-state index contributed by atoms with van der Waals surface area (Å²) in [4.78, 5) is 168. The minimum absolute atomic E-state index is 0.00764. The van der Waals surface area contributed by atoms with Crippen molar-refractivity contribution in [2.24, 2.45) is 57.3 Å². The molecule has 638 valence electrons. The van der Waals surface area contributed by atoms with Crippen LogP contribution in [0.5, 0.6) is 0 Å². The van der Waals surface area contributed by atoms with Gasteiger partial charge in [0.05, 0.1) is 12.4 Å². The summed E-state index contributed by atoms with van der Waals surface area (Å²) in [5, 5.41) is 118. The highest BCUT2D eigenvalue weighted by atomic mass is 32.1. The van der Waals surface area contributed by atoms with E-state index in [1.807, 2.05) is 0 Å². The lowest BCUT2D eigenvalue weighted by atomic mass is 10.0. The zero-order valence-corrected chi connectivity index (χ0v) is 64.5. The summed E-state index contributed by atoms with van der Waals surface area (Å²) in [7, 11) is 0. The van der Waals surface area contributed by atoms with Crippen LogP contribution in [-0.4, -0.2) is 249 Å². The Hall–Kier alpha value is -12.4. The van der Waals surface area contributed by atoms with E-state index in [1.54, 1.807) is 0 Å². The smallest absolute Gasteiger partial charge is 0.243 e. The molecule has 12 amide bonds. The van der Waals surface area contributed by atoms with Gasteiger partial charge in [-0.05, 0) is 116 Å². The summed E-state index contributed by atoms with van der Waals surface area (Å²) in [6, 6.07) is -15.1. The van der Waals surface area contributed by atoms with E-state index in [9.17, 15) is 57.5 Å². The highest BCUT2D eigenvalue weighted by Gasteiger charge is 2.36. The average Bonchev–Trinajstić information content (AvgIpc) is 0.860. The molecule has 48 N–H and O–H groups in total. The molecule has 113 heavy (non-hydrogen) atoms. The molecule has 50 nitrogen and oxygen atoms in total. The number of hydrogen-bond acceptors (Lipinski definition) is 22. The Morgan fingerprint density at radius 3 is 0.593 bits per heavy atom. The van der Waals surface area contributed by atoms with Crippen LogP contribution in [-0.2, 0) is 57.5 Å². The molecule has 0 aliphatic carbocycles. The van der Waals surface area contributed by atoms with Gasteiger partial charge in [0.2, 0.25) is 70.9 Å². The van der Waals surface area contributed by atoms with E-state index in [1.165, 1.54) is 0 Å². The zero-order valence-electron chi connectivity index (χ0n) is 63.6. The van der Waals surface area contributed by atoms with Gasteiger partial charge in [0.1, 0.15) is 60.4 Å². The van der Waals surface area contributed by atoms with Crippen LogP contribution in [0.3, 0.4) is 0 Å². The minimum Gasteiger partial charge on any atom is -0.388 e. The SMILES string of the molecule is CC(=O)NCC(=O)N[C@H](CCCNC(=N)N)C(=O)N[C@H](CCCNC(=N)N)C(=O)N[C@H](CCCNC(=N)N)C(=O)N[C@H](CCCNC(=N)N)C(=O)N[C@H](CCCNC(=N)N)C(=O)N[C@H](CCCNC(=N)N)C(=O)N[C@H](CCCNC(=N)N)C(=O)N[C@H](CCCCC(=N)N)C(=O)N[C@H](CCCNC(=N)N)C(=O)N[C@H](CS)C(N)=O.